The molecule has 0 aliphatic heterocycles. The van der Waals surface area contributed by atoms with Crippen LogP contribution in [0.1, 0.15) is 32.8 Å². The highest BCUT2D eigenvalue weighted by Gasteiger charge is 2.30. The number of fused-ring (bicyclic) bond motifs is 1. The zero-order chi connectivity index (χ0) is 38.7. The maximum absolute atomic E-state index is 13.3. The minimum Gasteiger partial charge on any atom is -0.508 e. The molecule has 17 heteroatoms. The van der Waals surface area contributed by atoms with Gasteiger partial charge in [0.1, 0.15) is 29.9 Å². The fourth-order valence-corrected chi connectivity index (χ4v) is 6.74. The van der Waals surface area contributed by atoms with Gasteiger partial charge in [-0.05, 0) is 49.1 Å². The predicted octanol–water partition coefficient (Wildman–Crippen LogP) is 1.15. The lowest BCUT2D eigenvalue weighted by molar-refractivity contribution is -0.142. The minimum atomic E-state index is -4.16. The lowest BCUT2D eigenvalue weighted by Crippen LogP contribution is -2.58. The van der Waals surface area contributed by atoms with Gasteiger partial charge in [0.15, 0.2) is 0 Å². The molecule has 0 spiro atoms. The molecule has 52 heavy (non-hydrogen) atoms. The number of thiol groups is 1. The lowest BCUT2D eigenvalue weighted by atomic mass is 10.0. The van der Waals surface area contributed by atoms with Gasteiger partial charge in [0.25, 0.3) is 0 Å². The van der Waals surface area contributed by atoms with Crippen LogP contribution in [0, 0.1) is 5.92 Å². The number of hydrogen-bond acceptors (Lipinski definition) is 10. The van der Waals surface area contributed by atoms with Crippen LogP contribution in [-0.4, -0.2) is 98.8 Å². The van der Waals surface area contributed by atoms with Crippen LogP contribution < -0.4 is 30.9 Å². The van der Waals surface area contributed by atoms with Crippen molar-refractivity contribution in [2.24, 2.45) is 5.92 Å². The number of carboxylic acids is 1. The van der Waals surface area contributed by atoms with E-state index in [1.165, 1.54) is 25.1 Å². The number of carbonyl (C=O) groups excluding carboxylic acids is 4. The van der Waals surface area contributed by atoms with E-state index < -0.39 is 70.3 Å². The van der Waals surface area contributed by atoms with Gasteiger partial charge in [0.05, 0.1) is 11.4 Å². The molecule has 3 rings (SSSR count). The summed E-state index contributed by atoms with van der Waals surface area (Å²) < 4.78 is 28.7. The summed E-state index contributed by atoms with van der Waals surface area (Å²) in [5.74, 6) is -4.69. The molecular weight excluding hydrogens is 713 g/mol. The number of benzene rings is 3. The van der Waals surface area contributed by atoms with Gasteiger partial charge in [-0.1, -0.05) is 50.2 Å². The SMILES string of the molecule is CC(C)C[C@H](NC(=O)[C@H](Cc1ccc(O)cc1)NC(=O)[C@H](C)NC(=O)[C@H](CS)NC(=O)CNS(=O)(=O)c1cccc2c(N(C)C)cccc12)C(=O)O. The number of aromatic hydroxyl groups is 1. The van der Waals surface area contributed by atoms with Crippen molar-refractivity contribution in [3.05, 3.63) is 66.2 Å². The quantitative estimate of drug-likeness (QED) is 0.0865. The molecule has 0 fully saturated rings. The van der Waals surface area contributed by atoms with E-state index in [1.54, 1.807) is 50.2 Å². The number of nitrogens with zero attached hydrogens (tertiary/aromatic N) is 1. The molecular formula is C35H46N6O9S2. The molecule has 0 unspecified atom stereocenters. The molecule has 0 radical (unpaired) electrons. The molecule has 3 aromatic rings. The van der Waals surface area contributed by atoms with E-state index in [2.05, 4.69) is 38.6 Å². The smallest absolute Gasteiger partial charge is 0.326 e. The Labute approximate surface area is 308 Å². The van der Waals surface area contributed by atoms with Crippen molar-refractivity contribution in [3.63, 3.8) is 0 Å². The van der Waals surface area contributed by atoms with E-state index in [1.807, 2.05) is 25.1 Å². The molecule has 0 saturated carbocycles. The highest BCUT2D eigenvalue weighted by Crippen LogP contribution is 2.30. The first-order chi connectivity index (χ1) is 24.4. The average Bonchev–Trinajstić information content (AvgIpc) is 3.08. The molecule has 0 saturated heterocycles. The fourth-order valence-electron chi connectivity index (χ4n) is 5.29. The number of anilines is 1. The summed E-state index contributed by atoms with van der Waals surface area (Å²) in [6.07, 6.45) is 0.0832. The zero-order valence-corrected chi connectivity index (χ0v) is 31.3. The molecule has 0 bridgehead atoms. The number of sulfonamides is 1. The molecule has 15 nitrogen and oxygen atoms in total. The van der Waals surface area contributed by atoms with Gasteiger partial charge in [0.2, 0.25) is 33.7 Å². The largest absolute Gasteiger partial charge is 0.508 e. The van der Waals surface area contributed by atoms with Crippen molar-refractivity contribution in [1.29, 1.82) is 0 Å². The normalized spacial score (nSPS) is 13.8. The summed E-state index contributed by atoms with van der Waals surface area (Å²) in [5, 5.41) is 30.3. The third kappa shape index (κ3) is 11.6. The summed E-state index contributed by atoms with van der Waals surface area (Å²) in [4.78, 5) is 66.0. The van der Waals surface area contributed by atoms with Crippen molar-refractivity contribution < 1.29 is 42.6 Å². The Kier molecular flexibility index (Phi) is 14.8. The van der Waals surface area contributed by atoms with Crippen LogP contribution in [0.5, 0.6) is 5.75 Å². The average molecular weight is 759 g/mol. The van der Waals surface area contributed by atoms with Crippen LogP contribution >= 0.6 is 12.6 Å². The molecule has 0 heterocycles. The number of amides is 4. The third-order valence-corrected chi connectivity index (χ3v) is 9.79. The molecule has 0 aliphatic rings. The van der Waals surface area contributed by atoms with Crippen LogP contribution in [-0.2, 0) is 40.4 Å². The topological polar surface area (TPSA) is 223 Å². The fraction of sp³-hybridized carbons (Fsp3) is 0.400. The second-order valence-corrected chi connectivity index (χ2v) is 14.9. The molecule has 3 aromatic carbocycles. The highest BCUT2D eigenvalue weighted by molar-refractivity contribution is 7.89. The van der Waals surface area contributed by atoms with E-state index in [9.17, 15) is 42.6 Å². The monoisotopic (exact) mass is 758 g/mol. The van der Waals surface area contributed by atoms with Gasteiger partial charge < -0.3 is 36.4 Å². The van der Waals surface area contributed by atoms with Gasteiger partial charge in [0, 0.05) is 42.7 Å². The summed E-state index contributed by atoms with van der Waals surface area (Å²) in [6, 6.07) is 11.0. The van der Waals surface area contributed by atoms with Crippen molar-refractivity contribution in [2.45, 2.75) is 62.7 Å². The number of carboxylic acid groups (broad SMARTS) is 1. The standard InChI is InChI=1S/C35H46N6O9S2/c1-20(2)16-27(35(47)48)40-33(45)26(17-22-12-14-23(42)15-13-22)39-32(44)21(3)37-34(46)28(19-51)38-31(43)18-36-52(49,50)30-11-7-8-24-25(30)9-6-10-29(24)41(4)5/h6-15,20-21,26-28,36,42,51H,16-19H2,1-5H3,(H,37,46)(H,38,43)(H,39,44)(H,40,45)(H,47,48)/t21-,26-,27-,28-/m0/s1. The van der Waals surface area contributed by atoms with Crippen molar-refractivity contribution >= 4 is 68.7 Å². The summed E-state index contributed by atoms with van der Waals surface area (Å²) in [6.45, 7) is 4.25. The minimum absolute atomic E-state index is 0.0141. The second-order valence-electron chi connectivity index (χ2n) is 12.8. The Hall–Kier alpha value is -4.87. The van der Waals surface area contributed by atoms with E-state index in [-0.39, 0.29) is 35.2 Å². The molecule has 0 aliphatic carbocycles. The van der Waals surface area contributed by atoms with Crippen LogP contribution in [0.25, 0.3) is 10.8 Å². The van der Waals surface area contributed by atoms with Gasteiger partial charge in [-0.2, -0.15) is 12.6 Å². The summed E-state index contributed by atoms with van der Waals surface area (Å²) in [5.41, 5.74) is 1.36. The van der Waals surface area contributed by atoms with Crippen molar-refractivity contribution in [1.82, 2.24) is 26.0 Å². The van der Waals surface area contributed by atoms with E-state index in [0.717, 1.165) is 5.69 Å². The van der Waals surface area contributed by atoms with E-state index >= 15 is 0 Å². The van der Waals surface area contributed by atoms with Gasteiger partial charge in [-0.25, -0.2) is 17.9 Å². The predicted molar refractivity (Wildman–Crippen MR) is 200 cm³/mol. The Bertz CT molecular complexity index is 1870. The second kappa shape index (κ2) is 18.6. The van der Waals surface area contributed by atoms with E-state index in [0.29, 0.717) is 16.3 Å². The molecule has 0 aromatic heterocycles. The number of phenolic OH excluding ortho intramolecular Hbond substituents is 1. The van der Waals surface area contributed by atoms with Crippen LogP contribution in [0.2, 0.25) is 0 Å². The Morgan fingerprint density at radius 3 is 1.96 bits per heavy atom. The lowest BCUT2D eigenvalue weighted by Gasteiger charge is -2.25. The number of hydrogen-bond donors (Lipinski definition) is 8. The van der Waals surface area contributed by atoms with Gasteiger partial charge >= 0.3 is 5.97 Å². The molecule has 7 N–H and O–H groups in total. The van der Waals surface area contributed by atoms with Gasteiger partial charge in [-0.3, -0.25) is 19.2 Å². The van der Waals surface area contributed by atoms with Gasteiger partial charge in [-0.15, -0.1) is 0 Å². The first-order valence-electron chi connectivity index (χ1n) is 16.4. The first kappa shape index (κ1) is 41.5. The maximum Gasteiger partial charge on any atom is 0.326 e. The number of aliphatic carboxylic acids is 1. The number of nitrogens with one attached hydrogen (secondary N) is 5. The maximum atomic E-state index is 13.3. The highest BCUT2D eigenvalue weighted by atomic mass is 32.2. The van der Waals surface area contributed by atoms with E-state index in [4.69, 9.17) is 0 Å². The number of rotatable bonds is 18. The molecule has 4 atom stereocenters. The molecule has 4 amide bonds. The van der Waals surface area contributed by atoms with Crippen LogP contribution in [0.3, 0.4) is 0 Å². The summed E-state index contributed by atoms with van der Waals surface area (Å²) >= 11 is 4.13. The summed E-state index contributed by atoms with van der Waals surface area (Å²) in [7, 11) is -0.488. The number of carbonyl (C=O) groups is 5. The van der Waals surface area contributed by atoms with Crippen molar-refractivity contribution in [2.75, 3.05) is 31.3 Å². The zero-order valence-electron chi connectivity index (χ0n) is 29.5. The first-order valence-corrected chi connectivity index (χ1v) is 18.6. The Morgan fingerprint density at radius 2 is 1.37 bits per heavy atom. The van der Waals surface area contributed by atoms with Crippen LogP contribution in [0.15, 0.2) is 65.6 Å². The molecule has 282 valence electrons. The third-order valence-electron chi connectivity index (χ3n) is 7.97. The van der Waals surface area contributed by atoms with Crippen LogP contribution in [0.4, 0.5) is 5.69 Å². The Balaban J connectivity index is 1.65. The Morgan fingerprint density at radius 1 is 0.769 bits per heavy atom. The number of phenols is 1. The van der Waals surface area contributed by atoms with Crippen molar-refractivity contribution in [3.8, 4) is 5.75 Å².